The molecule has 4 heteroatoms. The summed E-state index contributed by atoms with van der Waals surface area (Å²) in [7, 11) is 1.70. The third-order valence-electron chi connectivity index (χ3n) is 3.39. The summed E-state index contributed by atoms with van der Waals surface area (Å²) in [6.07, 6.45) is 0.113. The van der Waals surface area contributed by atoms with Gasteiger partial charge in [-0.25, -0.2) is 0 Å². The summed E-state index contributed by atoms with van der Waals surface area (Å²) in [5.41, 5.74) is 1.76. The van der Waals surface area contributed by atoms with Crippen molar-refractivity contribution < 1.29 is 9.47 Å². The first-order valence-electron chi connectivity index (χ1n) is 6.90. The Bertz CT molecular complexity index is 476. The Morgan fingerprint density at radius 3 is 2.70 bits per heavy atom. The molecular formula is C16H22N2O2. The van der Waals surface area contributed by atoms with Gasteiger partial charge in [0, 0.05) is 26.7 Å². The van der Waals surface area contributed by atoms with E-state index in [-0.39, 0.29) is 11.7 Å². The largest absolute Gasteiger partial charge is 0.382 e. The second-order valence-electron chi connectivity index (χ2n) is 5.93. The van der Waals surface area contributed by atoms with Gasteiger partial charge in [0.05, 0.1) is 29.9 Å². The van der Waals surface area contributed by atoms with Gasteiger partial charge in [0.25, 0.3) is 0 Å². The van der Waals surface area contributed by atoms with Crippen LogP contribution >= 0.6 is 0 Å². The predicted molar refractivity (Wildman–Crippen MR) is 77.3 cm³/mol. The first kappa shape index (κ1) is 15.0. The molecule has 1 aromatic rings. The molecule has 0 spiro atoms. The summed E-state index contributed by atoms with van der Waals surface area (Å²) >= 11 is 0. The Morgan fingerprint density at radius 2 is 2.10 bits per heavy atom. The molecule has 0 saturated carbocycles. The number of methoxy groups -OCH3 is 1. The Balaban J connectivity index is 2.01. The number of benzene rings is 1. The van der Waals surface area contributed by atoms with Crippen LogP contribution in [0.3, 0.4) is 0 Å². The van der Waals surface area contributed by atoms with Gasteiger partial charge in [-0.2, -0.15) is 5.26 Å². The van der Waals surface area contributed by atoms with Gasteiger partial charge in [-0.05, 0) is 31.5 Å². The fourth-order valence-corrected chi connectivity index (χ4v) is 2.75. The topological polar surface area (TPSA) is 45.5 Å². The van der Waals surface area contributed by atoms with Gasteiger partial charge in [0.1, 0.15) is 0 Å². The second-order valence-corrected chi connectivity index (χ2v) is 5.93. The maximum Gasteiger partial charge on any atom is 0.0991 e. The van der Waals surface area contributed by atoms with Crippen molar-refractivity contribution in [2.24, 2.45) is 0 Å². The van der Waals surface area contributed by atoms with E-state index < -0.39 is 0 Å². The van der Waals surface area contributed by atoms with Gasteiger partial charge < -0.3 is 9.47 Å². The van der Waals surface area contributed by atoms with Crippen molar-refractivity contribution in [1.29, 1.82) is 5.26 Å². The van der Waals surface area contributed by atoms with Gasteiger partial charge in [0.15, 0.2) is 0 Å². The minimum atomic E-state index is -0.159. The third-order valence-corrected chi connectivity index (χ3v) is 3.39. The van der Waals surface area contributed by atoms with Crippen LogP contribution in [0.1, 0.15) is 25.0 Å². The number of morpholine rings is 1. The maximum absolute atomic E-state index is 8.82. The molecule has 4 nitrogen and oxygen atoms in total. The fraction of sp³-hybridized carbons (Fsp3) is 0.562. The summed E-state index contributed by atoms with van der Waals surface area (Å²) in [5.74, 6) is 0. The number of nitriles is 1. The molecule has 1 fully saturated rings. The first-order valence-corrected chi connectivity index (χ1v) is 6.90. The number of hydrogen-bond donors (Lipinski definition) is 0. The van der Waals surface area contributed by atoms with Crippen molar-refractivity contribution in [2.45, 2.75) is 32.1 Å². The molecule has 0 aromatic heterocycles. The van der Waals surface area contributed by atoms with Crippen LogP contribution in [0.4, 0.5) is 0 Å². The molecule has 1 unspecified atom stereocenters. The Hall–Kier alpha value is -1.41. The van der Waals surface area contributed by atoms with Gasteiger partial charge in [-0.3, -0.25) is 4.90 Å². The molecule has 1 aliphatic heterocycles. The highest BCUT2D eigenvalue weighted by Gasteiger charge is 2.33. The molecular weight excluding hydrogens is 252 g/mol. The van der Waals surface area contributed by atoms with Crippen LogP contribution < -0.4 is 0 Å². The van der Waals surface area contributed by atoms with Gasteiger partial charge in [0.2, 0.25) is 0 Å². The molecule has 1 aliphatic rings. The SMILES string of the molecule is COCC1CN(Cc2ccc(C#N)cc2)CC(C)(C)O1. The molecule has 1 aromatic carbocycles. The number of ether oxygens (including phenoxy) is 2. The highest BCUT2D eigenvalue weighted by atomic mass is 16.5. The Labute approximate surface area is 120 Å². The predicted octanol–water partition coefficient (Wildman–Crippen LogP) is 2.18. The van der Waals surface area contributed by atoms with E-state index in [1.54, 1.807) is 7.11 Å². The van der Waals surface area contributed by atoms with Crippen LogP contribution in [0.25, 0.3) is 0 Å². The van der Waals surface area contributed by atoms with Gasteiger partial charge in [-0.1, -0.05) is 12.1 Å². The van der Waals surface area contributed by atoms with E-state index in [2.05, 4.69) is 24.8 Å². The molecule has 2 rings (SSSR count). The molecule has 1 atom stereocenters. The lowest BCUT2D eigenvalue weighted by Crippen LogP contribution is -2.53. The normalized spacial score (nSPS) is 22.4. The average molecular weight is 274 g/mol. The Morgan fingerprint density at radius 1 is 1.40 bits per heavy atom. The van der Waals surface area contributed by atoms with E-state index in [1.165, 1.54) is 5.56 Å². The van der Waals surface area contributed by atoms with Gasteiger partial charge >= 0.3 is 0 Å². The zero-order valence-electron chi connectivity index (χ0n) is 12.4. The highest BCUT2D eigenvalue weighted by Crippen LogP contribution is 2.22. The van der Waals surface area contributed by atoms with Gasteiger partial charge in [-0.15, -0.1) is 0 Å². The summed E-state index contributed by atoms with van der Waals surface area (Å²) in [6.45, 7) is 7.48. The van der Waals surface area contributed by atoms with Crippen LogP contribution in [-0.4, -0.2) is 43.4 Å². The summed E-state index contributed by atoms with van der Waals surface area (Å²) < 4.78 is 11.2. The summed E-state index contributed by atoms with van der Waals surface area (Å²) in [6, 6.07) is 9.92. The van der Waals surface area contributed by atoms with Crippen LogP contribution in [0, 0.1) is 11.3 Å². The molecule has 1 heterocycles. The lowest BCUT2D eigenvalue weighted by atomic mass is 10.0. The minimum Gasteiger partial charge on any atom is -0.382 e. The smallest absolute Gasteiger partial charge is 0.0991 e. The molecule has 20 heavy (non-hydrogen) atoms. The minimum absolute atomic E-state index is 0.113. The summed E-state index contributed by atoms with van der Waals surface area (Å²) in [4.78, 5) is 2.38. The molecule has 108 valence electrons. The van der Waals surface area contributed by atoms with Crippen molar-refractivity contribution in [3.63, 3.8) is 0 Å². The molecule has 0 aliphatic carbocycles. The van der Waals surface area contributed by atoms with E-state index in [0.717, 1.165) is 19.6 Å². The summed E-state index contributed by atoms with van der Waals surface area (Å²) in [5, 5.41) is 8.82. The van der Waals surface area contributed by atoms with E-state index in [1.807, 2.05) is 24.3 Å². The van der Waals surface area contributed by atoms with Crippen molar-refractivity contribution in [2.75, 3.05) is 26.8 Å². The molecule has 1 saturated heterocycles. The van der Waals surface area contributed by atoms with Crippen molar-refractivity contribution in [3.05, 3.63) is 35.4 Å². The number of nitrogens with zero attached hydrogens (tertiary/aromatic N) is 2. The zero-order chi connectivity index (χ0) is 14.6. The second kappa shape index (κ2) is 6.36. The van der Waals surface area contributed by atoms with Crippen molar-refractivity contribution >= 4 is 0 Å². The maximum atomic E-state index is 8.82. The highest BCUT2D eigenvalue weighted by molar-refractivity contribution is 5.31. The zero-order valence-corrected chi connectivity index (χ0v) is 12.4. The van der Waals surface area contributed by atoms with Crippen molar-refractivity contribution in [1.82, 2.24) is 4.90 Å². The van der Waals surface area contributed by atoms with E-state index in [9.17, 15) is 0 Å². The van der Waals surface area contributed by atoms with E-state index >= 15 is 0 Å². The molecule has 0 radical (unpaired) electrons. The monoisotopic (exact) mass is 274 g/mol. The first-order chi connectivity index (χ1) is 9.52. The average Bonchev–Trinajstić information content (AvgIpc) is 2.38. The third kappa shape index (κ3) is 4.04. The number of hydrogen-bond acceptors (Lipinski definition) is 4. The molecule has 0 bridgehead atoms. The van der Waals surface area contributed by atoms with Crippen molar-refractivity contribution in [3.8, 4) is 6.07 Å². The van der Waals surface area contributed by atoms with Crippen LogP contribution in [0.15, 0.2) is 24.3 Å². The number of rotatable bonds is 4. The Kier molecular flexibility index (Phi) is 4.77. The lowest BCUT2D eigenvalue weighted by Gasteiger charge is -2.42. The lowest BCUT2D eigenvalue weighted by molar-refractivity contribution is -0.154. The van der Waals surface area contributed by atoms with Crippen LogP contribution in [-0.2, 0) is 16.0 Å². The van der Waals surface area contributed by atoms with Crippen LogP contribution in [0.5, 0.6) is 0 Å². The van der Waals surface area contributed by atoms with E-state index in [4.69, 9.17) is 14.7 Å². The quantitative estimate of drug-likeness (QED) is 0.844. The van der Waals surface area contributed by atoms with Crippen LogP contribution in [0.2, 0.25) is 0 Å². The fourth-order valence-electron chi connectivity index (χ4n) is 2.75. The van der Waals surface area contributed by atoms with E-state index in [0.29, 0.717) is 12.2 Å². The molecule has 0 N–H and O–H groups in total. The standard InChI is InChI=1S/C16H22N2O2/c1-16(2)12-18(10-15(20-16)11-19-3)9-14-6-4-13(8-17)5-7-14/h4-7,15H,9-12H2,1-3H3. The molecule has 0 amide bonds.